The Hall–Kier alpha value is -1.59. The molecule has 0 bridgehead atoms. The van der Waals surface area contributed by atoms with Crippen LogP contribution in [0.5, 0.6) is 0 Å². The Kier molecular flexibility index (Phi) is 4.08. The molecule has 1 rings (SSSR count). The second kappa shape index (κ2) is 5.33. The second-order valence-corrected chi connectivity index (χ2v) is 3.60. The van der Waals surface area contributed by atoms with Gasteiger partial charge in [0.2, 0.25) is 0 Å². The lowest BCUT2D eigenvalue weighted by atomic mass is 10.0. The van der Waals surface area contributed by atoms with Crippen molar-refractivity contribution in [1.82, 2.24) is 0 Å². The van der Waals surface area contributed by atoms with E-state index in [1.54, 1.807) is 24.3 Å². The quantitative estimate of drug-likeness (QED) is 0.731. The molecule has 0 radical (unpaired) electrons. The smallest absolute Gasteiger partial charge is 0.140 e. The molecule has 0 saturated carbocycles. The van der Waals surface area contributed by atoms with Crippen LogP contribution < -0.4 is 0 Å². The zero-order chi connectivity index (χ0) is 11.3. The van der Waals surface area contributed by atoms with Crippen molar-refractivity contribution < 1.29 is 4.79 Å². The molecule has 0 fully saturated rings. The minimum Gasteiger partial charge on any atom is -0.299 e. The van der Waals surface area contributed by atoms with Gasteiger partial charge in [0.15, 0.2) is 0 Å². The highest BCUT2D eigenvalue weighted by molar-refractivity contribution is 6.30. The highest BCUT2D eigenvalue weighted by Gasteiger charge is 2.04. The van der Waals surface area contributed by atoms with Crippen molar-refractivity contribution in [2.75, 3.05) is 0 Å². The van der Waals surface area contributed by atoms with Crippen LogP contribution in [0.4, 0.5) is 0 Å². The summed E-state index contributed by atoms with van der Waals surface area (Å²) in [5.41, 5.74) is 1.25. The van der Waals surface area contributed by atoms with E-state index in [9.17, 15) is 4.79 Å². The van der Waals surface area contributed by atoms with Crippen molar-refractivity contribution in [2.45, 2.75) is 12.8 Å². The minimum atomic E-state index is 0.0659. The molecule has 0 N–H and O–H groups in total. The SMILES string of the molecule is C=CCC(=O)Cc1cc(Cl)cc(C#N)c1. The van der Waals surface area contributed by atoms with E-state index in [-0.39, 0.29) is 5.78 Å². The number of ketones is 1. The van der Waals surface area contributed by atoms with Crippen molar-refractivity contribution >= 4 is 17.4 Å². The molecule has 0 saturated heterocycles. The molecule has 0 heterocycles. The van der Waals surface area contributed by atoms with E-state index < -0.39 is 0 Å². The van der Waals surface area contributed by atoms with Crippen LogP contribution in [-0.2, 0) is 11.2 Å². The predicted octanol–water partition coefficient (Wildman–Crippen LogP) is 2.90. The minimum absolute atomic E-state index is 0.0659. The number of benzene rings is 1. The first-order valence-corrected chi connectivity index (χ1v) is 4.85. The summed E-state index contributed by atoms with van der Waals surface area (Å²) in [4.78, 5) is 11.3. The molecule has 1 aromatic carbocycles. The fourth-order valence-corrected chi connectivity index (χ4v) is 1.54. The summed E-state index contributed by atoms with van der Waals surface area (Å²) in [5, 5.41) is 9.20. The van der Waals surface area contributed by atoms with Crippen LogP contribution in [0, 0.1) is 11.3 Å². The lowest BCUT2D eigenvalue weighted by Gasteiger charge is -2.01. The number of nitriles is 1. The van der Waals surface area contributed by atoms with Crippen molar-refractivity contribution in [3.8, 4) is 6.07 Å². The summed E-state index contributed by atoms with van der Waals surface area (Å²) in [5.74, 6) is 0.0659. The molecule has 1 aromatic rings. The molecule has 15 heavy (non-hydrogen) atoms. The number of carbonyl (C=O) groups excluding carboxylic acids is 1. The third-order valence-corrected chi connectivity index (χ3v) is 2.08. The van der Waals surface area contributed by atoms with E-state index in [1.165, 1.54) is 0 Å². The third kappa shape index (κ3) is 3.57. The summed E-state index contributed by atoms with van der Waals surface area (Å²) in [7, 11) is 0. The maximum atomic E-state index is 11.3. The van der Waals surface area contributed by atoms with Gasteiger partial charge in [0.05, 0.1) is 11.6 Å². The van der Waals surface area contributed by atoms with Gasteiger partial charge in [0, 0.05) is 17.9 Å². The van der Waals surface area contributed by atoms with Gasteiger partial charge in [-0.15, -0.1) is 6.58 Å². The Labute approximate surface area is 93.8 Å². The molecule has 0 aliphatic heterocycles. The van der Waals surface area contributed by atoms with Crippen molar-refractivity contribution in [3.05, 3.63) is 47.0 Å². The Bertz CT molecular complexity index is 432. The first-order valence-electron chi connectivity index (χ1n) is 4.48. The maximum Gasteiger partial charge on any atom is 0.140 e. The fraction of sp³-hybridized carbons (Fsp3) is 0.167. The van der Waals surface area contributed by atoms with Gasteiger partial charge in [-0.25, -0.2) is 0 Å². The average molecular weight is 220 g/mol. The first-order chi connectivity index (χ1) is 7.15. The number of nitrogens with zero attached hydrogens (tertiary/aromatic N) is 1. The lowest BCUT2D eigenvalue weighted by molar-refractivity contribution is -0.117. The third-order valence-electron chi connectivity index (χ3n) is 1.86. The van der Waals surface area contributed by atoms with Crippen LogP contribution in [0.3, 0.4) is 0 Å². The van der Waals surface area contributed by atoms with Crippen LogP contribution in [0.25, 0.3) is 0 Å². The second-order valence-electron chi connectivity index (χ2n) is 3.17. The standard InChI is InChI=1S/C12H10ClNO/c1-2-3-12(15)7-9-4-10(8-14)6-11(13)5-9/h2,4-6H,1,3,7H2. The molecular formula is C12H10ClNO. The molecule has 76 valence electrons. The van der Waals surface area contributed by atoms with Gasteiger partial charge >= 0.3 is 0 Å². The molecular weight excluding hydrogens is 210 g/mol. The van der Waals surface area contributed by atoms with E-state index in [4.69, 9.17) is 16.9 Å². The summed E-state index contributed by atoms with van der Waals surface area (Å²) >= 11 is 5.81. The van der Waals surface area contributed by atoms with Crippen LogP contribution >= 0.6 is 11.6 Å². The highest BCUT2D eigenvalue weighted by Crippen LogP contribution is 2.15. The van der Waals surface area contributed by atoms with Crippen molar-refractivity contribution in [1.29, 1.82) is 5.26 Å². The zero-order valence-electron chi connectivity index (χ0n) is 8.16. The van der Waals surface area contributed by atoms with Gasteiger partial charge in [0.1, 0.15) is 5.78 Å². The van der Waals surface area contributed by atoms with Crippen molar-refractivity contribution in [3.63, 3.8) is 0 Å². The number of allylic oxidation sites excluding steroid dienone is 1. The predicted molar refractivity (Wildman–Crippen MR) is 59.7 cm³/mol. The van der Waals surface area contributed by atoms with Gasteiger partial charge in [-0.3, -0.25) is 4.79 Å². The molecule has 0 unspecified atom stereocenters. The maximum absolute atomic E-state index is 11.3. The molecule has 0 aliphatic rings. The van der Waals surface area contributed by atoms with Crippen molar-refractivity contribution in [2.24, 2.45) is 0 Å². The molecule has 3 heteroatoms. The Morgan fingerprint density at radius 3 is 2.87 bits per heavy atom. The number of Topliss-reactive ketones (excluding diaryl/α,β-unsaturated/α-hetero) is 1. The van der Waals surface area contributed by atoms with E-state index in [2.05, 4.69) is 6.58 Å². The number of rotatable bonds is 4. The van der Waals surface area contributed by atoms with Crippen LogP contribution in [-0.4, -0.2) is 5.78 Å². The summed E-state index contributed by atoms with van der Waals surface area (Å²) in [6.45, 7) is 3.49. The highest BCUT2D eigenvalue weighted by atomic mass is 35.5. The van der Waals surface area contributed by atoms with E-state index in [0.29, 0.717) is 23.4 Å². The Morgan fingerprint density at radius 2 is 2.27 bits per heavy atom. The monoisotopic (exact) mass is 219 g/mol. The number of hydrogen-bond donors (Lipinski definition) is 0. The number of hydrogen-bond acceptors (Lipinski definition) is 2. The molecule has 0 spiro atoms. The summed E-state index contributed by atoms with van der Waals surface area (Å²) in [6.07, 6.45) is 2.20. The Balaban J connectivity index is 2.86. The van der Waals surface area contributed by atoms with Crippen LogP contribution in [0.1, 0.15) is 17.5 Å². The first kappa shape index (κ1) is 11.5. The van der Waals surface area contributed by atoms with Gasteiger partial charge in [-0.2, -0.15) is 5.26 Å². The number of carbonyl (C=O) groups is 1. The normalized spacial score (nSPS) is 9.33. The van der Waals surface area contributed by atoms with Crippen LogP contribution in [0.15, 0.2) is 30.9 Å². The summed E-state index contributed by atoms with van der Waals surface area (Å²) in [6, 6.07) is 6.94. The van der Waals surface area contributed by atoms with Gasteiger partial charge in [-0.05, 0) is 23.8 Å². The topological polar surface area (TPSA) is 40.9 Å². The molecule has 0 aromatic heterocycles. The zero-order valence-corrected chi connectivity index (χ0v) is 8.92. The molecule has 0 atom stereocenters. The molecule has 2 nitrogen and oxygen atoms in total. The van der Waals surface area contributed by atoms with Gasteiger partial charge in [-0.1, -0.05) is 17.7 Å². The fourth-order valence-electron chi connectivity index (χ4n) is 1.28. The number of halogens is 1. The van der Waals surface area contributed by atoms with E-state index in [1.807, 2.05) is 6.07 Å². The van der Waals surface area contributed by atoms with Crippen LogP contribution in [0.2, 0.25) is 5.02 Å². The molecule has 0 amide bonds. The lowest BCUT2D eigenvalue weighted by Crippen LogP contribution is -2.01. The molecule has 0 aliphatic carbocycles. The summed E-state index contributed by atoms with van der Waals surface area (Å²) < 4.78 is 0. The van der Waals surface area contributed by atoms with E-state index >= 15 is 0 Å². The largest absolute Gasteiger partial charge is 0.299 e. The van der Waals surface area contributed by atoms with E-state index in [0.717, 1.165) is 5.56 Å². The van der Waals surface area contributed by atoms with Gasteiger partial charge in [0.25, 0.3) is 0 Å². The average Bonchev–Trinajstić information content (AvgIpc) is 2.17. The van der Waals surface area contributed by atoms with Gasteiger partial charge < -0.3 is 0 Å². The Morgan fingerprint density at radius 1 is 1.53 bits per heavy atom.